The molecule has 3 heterocycles. The highest BCUT2D eigenvalue weighted by Crippen LogP contribution is 2.27. The van der Waals surface area contributed by atoms with E-state index in [-0.39, 0.29) is 5.92 Å². The average Bonchev–Trinajstić information content (AvgIpc) is 3.20. The van der Waals surface area contributed by atoms with E-state index in [0.29, 0.717) is 23.0 Å². The van der Waals surface area contributed by atoms with Crippen LogP contribution in [0.25, 0.3) is 28.3 Å². The maximum Gasteiger partial charge on any atom is 0.405 e. The van der Waals surface area contributed by atoms with Crippen LogP contribution in [-0.4, -0.2) is 38.1 Å². The van der Waals surface area contributed by atoms with Crippen LogP contribution in [0.3, 0.4) is 0 Å². The number of carbonyl (C=O) groups excluding carboxylic acids is 1. The molecule has 0 unspecified atom stereocenters. The van der Waals surface area contributed by atoms with Gasteiger partial charge in [0.2, 0.25) is 0 Å². The molecule has 2 amide bonds. The van der Waals surface area contributed by atoms with Crippen molar-refractivity contribution in [2.75, 3.05) is 17.6 Å². The van der Waals surface area contributed by atoms with E-state index in [4.69, 9.17) is 5.73 Å². The van der Waals surface area contributed by atoms with Gasteiger partial charge in [0.1, 0.15) is 18.0 Å². The van der Waals surface area contributed by atoms with E-state index in [1.165, 1.54) is 0 Å². The molecule has 4 aromatic rings. The number of alkyl halides is 3. The number of fused-ring (bicyclic) bond motifs is 1. The van der Waals surface area contributed by atoms with Gasteiger partial charge < -0.3 is 16.4 Å². The minimum atomic E-state index is -4.48. The van der Waals surface area contributed by atoms with Gasteiger partial charge in [0.15, 0.2) is 5.82 Å². The fourth-order valence-corrected chi connectivity index (χ4v) is 3.36. The molecule has 0 fully saturated rings. The number of imidazole rings is 1. The summed E-state index contributed by atoms with van der Waals surface area (Å²) in [6, 6.07) is 11.2. The lowest BCUT2D eigenvalue weighted by Gasteiger charge is -2.11. The number of hydrogen-bond donors (Lipinski definition) is 3. The summed E-state index contributed by atoms with van der Waals surface area (Å²) in [6.45, 7) is 2.64. The number of aromatic nitrogens is 4. The number of anilines is 2. The largest absolute Gasteiger partial charge is 0.405 e. The number of benzene rings is 1. The Labute approximate surface area is 193 Å². The zero-order valence-corrected chi connectivity index (χ0v) is 18.4. The lowest BCUT2D eigenvalue weighted by atomic mass is 10.1. The molecule has 0 saturated carbocycles. The minimum Gasteiger partial charge on any atom is -0.384 e. The fourth-order valence-electron chi connectivity index (χ4n) is 3.36. The van der Waals surface area contributed by atoms with Crippen LogP contribution in [0.1, 0.15) is 25.5 Å². The Morgan fingerprint density at radius 1 is 1.12 bits per heavy atom. The quantitative estimate of drug-likeness (QED) is 0.387. The van der Waals surface area contributed by atoms with Gasteiger partial charge in [-0.25, -0.2) is 19.7 Å². The van der Waals surface area contributed by atoms with Gasteiger partial charge in [-0.3, -0.25) is 4.40 Å². The number of urea groups is 1. The zero-order chi connectivity index (χ0) is 24.5. The number of carbonyl (C=O) groups is 1. The van der Waals surface area contributed by atoms with Crippen LogP contribution in [0.2, 0.25) is 0 Å². The normalized spacial score (nSPS) is 11.7. The molecule has 34 heavy (non-hydrogen) atoms. The highest BCUT2D eigenvalue weighted by Gasteiger charge is 2.27. The molecule has 0 radical (unpaired) electrons. The third-order valence-electron chi connectivity index (χ3n) is 4.99. The Bertz CT molecular complexity index is 1350. The first-order valence-corrected chi connectivity index (χ1v) is 10.4. The number of hydrogen-bond acceptors (Lipinski definition) is 5. The summed E-state index contributed by atoms with van der Waals surface area (Å²) in [5.74, 6) is 1.09. The Kier molecular flexibility index (Phi) is 6.10. The SMILES string of the molecule is CC(C)c1cc(N)nc(-c2ccn3c(-c4cccc(NC(=O)NCC(F)(F)F)c4)cnc3c2)n1. The second-order valence-corrected chi connectivity index (χ2v) is 7.99. The number of nitrogen functional groups attached to an aromatic ring is 1. The summed E-state index contributed by atoms with van der Waals surface area (Å²) in [7, 11) is 0. The smallest absolute Gasteiger partial charge is 0.384 e. The number of amides is 2. The molecule has 0 spiro atoms. The van der Waals surface area contributed by atoms with Crippen molar-refractivity contribution in [1.29, 1.82) is 0 Å². The highest BCUT2D eigenvalue weighted by atomic mass is 19.4. The molecular formula is C23H22F3N7O. The van der Waals surface area contributed by atoms with Crippen molar-refractivity contribution in [2.24, 2.45) is 0 Å². The molecule has 4 rings (SSSR count). The van der Waals surface area contributed by atoms with Crippen LogP contribution < -0.4 is 16.4 Å². The molecule has 4 N–H and O–H groups in total. The fraction of sp³-hybridized carbons (Fsp3) is 0.217. The number of nitrogens with one attached hydrogen (secondary N) is 2. The van der Waals surface area contributed by atoms with Crippen LogP contribution in [0.15, 0.2) is 54.9 Å². The van der Waals surface area contributed by atoms with E-state index in [1.54, 1.807) is 35.8 Å². The predicted octanol–water partition coefficient (Wildman–Crippen LogP) is 4.85. The molecular weight excluding hydrogens is 447 g/mol. The van der Waals surface area contributed by atoms with Gasteiger partial charge in [0, 0.05) is 34.8 Å². The number of halogens is 3. The van der Waals surface area contributed by atoms with Crippen molar-refractivity contribution in [1.82, 2.24) is 24.7 Å². The topological polar surface area (TPSA) is 110 Å². The number of nitrogens with two attached hydrogens (primary N) is 1. The van der Waals surface area contributed by atoms with Crippen LogP contribution in [0, 0.1) is 0 Å². The predicted molar refractivity (Wildman–Crippen MR) is 123 cm³/mol. The monoisotopic (exact) mass is 469 g/mol. The van der Waals surface area contributed by atoms with E-state index in [0.717, 1.165) is 22.5 Å². The van der Waals surface area contributed by atoms with Crippen molar-refractivity contribution in [3.05, 3.63) is 60.6 Å². The Morgan fingerprint density at radius 2 is 1.91 bits per heavy atom. The minimum absolute atomic E-state index is 0.197. The van der Waals surface area contributed by atoms with Crippen LogP contribution in [0.5, 0.6) is 0 Å². The molecule has 11 heteroatoms. The molecule has 176 valence electrons. The van der Waals surface area contributed by atoms with Gasteiger partial charge in [-0.1, -0.05) is 26.0 Å². The average molecular weight is 469 g/mol. The lowest BCUT2D eigenvalue weighted by molar-refractivity contribution is -0.122. The molecule has 3 aromatic heterocycles. The third-order valence-corrected chi connectivity index (χ3v) is 4.99. The maximum absolute atomic E-state index is 12.3. The first kappa shape index (κ1) is 23.0. The standard InChI is InChI=1S/C23H22F3N7O/c1-13(2)17-10-19(27)32-21(31-17)15-6-7-33-18(11-28-20(33)9-15)14-4-3-5-16(8-14)30-22(34)29-12-23(24,25)26/h3-11,13H,12H2,1-2H3,(H2,27,31,32)(H2,29,30,34). The van der Waals surface area contributed by atoms with Crippen molar-refractivity contribution in [3.8, 4) is 22.6 Å². The van der Waals surface area contributed by atoms with Crippen molar-refractivity contribution < 1.29 is 18.0 Å². The van der Waals surface area contributed by atoms with Gasteiger partial charge in [-0.2, -0.15) is 13.2 Å². The van der Waals surface area contributed by atoms with Gasteiger partial charge in [0.25, 0.3) is 0 Å². The van der Waals surface area contributed by atoms with E-state index in [9.17, 15) is 18.0 Å². The Balaban J connectivity index is 1.60. The van der Waals surface area contributed by atoms with Crippen LogP contribution in [-0.2, 0) is 0 Å². The molecule has 0 saturated heterocycles. The summed E-state index contributed by atoms with van der Waals surface area (Å²) in [5, 5.41) is 4.19. The van der Waals surface area contributed by atoms with E-state index < -0.39 is 18.8 Å². The molecule has 8 nitrogen and oxygen atoms in total. The molecule has 0 aliphatic heterocycles. The first-order chi connectivity index (χ1) is 16.1. The summed E-state index contributed by atoms with van der Waals surface area (Å²) in [6.07, 6.45) is -0.992. The summed E-state index contributed by atoms with van der Waals surface area (Å²) >= 11 is 0. The third kappa shape index (κ3) is 5.25. The van der Waals surface area contributed by atoms with Gasteiger partial charge in [-0.15, -0.1) is 0 Å². The van der Waals surface area contributed by atoms with Crippen molar-refractivity contribution in [3.63, 3.8) is 0 Å². The Hall–Kier alpha value is -4.15. The maximum atomic E-state index is 12.3. The van der Waals surface area contributed by atoms with Gasteiger partial charge in [-0.05, 0) is 30.2 Å². The van der Waals surface area contributed by atoms with Gasteiger partial charge >= 0.3 is 12.2 Å². The highest BCUT2D eigenvalue weighted by molar-refractivity contribution is 5.90. The number of nitrogens with zero attached hydrogens (tertiary/aromatic N) is 4. The molecule has 0 bridgehead atoms. The lowest BCUT2D eigenvalue weighted by Crippen LogP contribution is -2.36. The number of pyridine rings is 1. The zero-order valence-electron chi connectivity index (χ0n) is 18.4. The summed E-state index contributed by atoms with van der Waals surface area (Å²) in [5.41, 5.74) is 10.00. The molecule has 1 aromatic carbocycles. The van der Waals surface area contributed by atoms with E-state index >= 15 is 0 Å². The molecule has 0 aliphatic rings. The second-order valence-electron chi connectivity index (χ2n) is 7.99. The second kappa shape index (κ2) is 9.00. The van der Waals surface area contributed by atoms with E-state index in [2.05, 4.69) is 20.3 Å². The van der Waals surface area contributed by atoms with Gasteiger partial charge in [0.05, 0.1) is 11.9 Å². The summed E-state index contributed by atoms with van der Waals surface area (Å²) in [4.78, 5) is 25.2. The Morgan fingerprint density at radius 3 is 2.65 bits per heavy atom. The molecule has 0 aliphatic carbocycles. The van der Waals surface area contributed by atoms with E-state index in [1.807, 2.05) is 42.6 Å². The molecule has 0 atom stereocenters. The van der Waals surface area contributed by atoms with Crippen LogP contribution in [0.4, 0.5) is 29.5 Å². The van der Waals surface area contributed by atoms with Crippen molar-refractivity contribution >= 4 is 23.2 Å². The first-order valence-electron chi connectivity index (χ1n) is 10.4. The van der Waals surface area contributed by atoms with Crippen molar-refractivity contribution in [2.45, 2.75) is 25.9 Å². The van der Waals surface area contributed by atoms with Crippen LogP contribution >= 0.6 is 0 Å². The summed E-state index contributed by atoms with van der Waals surface area (Å²) < 4.78 is 38.7. The number of rotatable bonds is 5.